The highest BCUT2D eigenvalue weighted by Gasteiger charge is 2.09. The number of aryl methyl sites for hydroxylation is 1. The molecule has 0 N–H and O–H groups in total. The monoisotopic (exact) mass is 316 g/mol. The molecule has 0 amide bonds. The lowest BCUT2D eigenvalue weighted by atomic mass is 10.2. The summed E-state index contributed by atoms with van der Waals surface area (Å²) in [6.45, 7) is 2.79. The number of nitrogens with zero attached hydrogens (tertiary/aromatic N) is 3. The van der Waals surface area contributed by atoms with Crippen LogP contribution in [-0.2, 0) is 13.6 Å². The fraction of sp³-hybridized carbons (Fsp3) is 0.143. The van der Waals surface area contributed by atoms with Crippen molar-refractivity contribution in [2.75, 3.05) is 5.01 Å². The number of benzene rings is 2. The molecular weight excluding hydrogens is 294 g/mol. The van der Waals surface area contributed by atoms with Crippen LogP contribution in [0.4, 0.5) is 5.69 Å². The Morgan fingerprint density at radius 1 is 0.917 bits per heavy atom. The summed E-state index contributed by atoms with van der Waals surface area (Å²) < 4.78 is 2.04. The molecule has 3 heteroatoms. The van der Waals surface area contributed by atoms with Crippen LogP contribution in [0.25, 0.3) is 0 Å². The lowest BCUT2D eigenvalue weighted by molar-refractivity contribution is -0.671. The molecule has 3 rings (SSSR count). The van der Waals surface area contributed by atoms with E-state index in [4.69, 9.17) is 5.10 Å². The third-order valence-corrected chi connectivity index (χ3v) is 3.86. The largest absolute Gasteiger partial charge is 0.261 e. The summed E-state index contributed by atoms with van der Waals surface area (Å²) >= 11 is 0. The molecule has 3 nitrogen and oxygen atoms in total. The fourth-order valence-electron chi connectivity index (χ4n) is 2.58. The van der Waals surface area contributed by atoms with Gasteiger partial charge >= 0.3 is 0 Å². The van der Waals surface area contributed by atoms with Gasteiger partial charge in [-0.25, -0.2) is 4.57 Å². The van der Waals surface area contributed by atoms with Gasteiger partial charge in [0.05, 0.1) is 23.5 Å². The Labute approximate surface area is 143 Å². The molecule has 3 aromatic rings. The Kier molecular flexibility index (Phi) is 5.02. The molecule has 0 fully saturated rings. The van der Waals surface area contributed by atoms with Gasteiger partial charge in [0.1, 0.15) is 7.05 Å². The van der Waals surface area contributed by atoms with E-state index >= 15 is 0 Å². The first-order chi connectivity index (χ1) is 11.7. The number of pyridine rings is 1. The van der Waals surface area contributed by atoms with Crippen LogP contribution < -0.4 is 9.58 Å². The van der Waals surface area contributed by atoms with Gasteiger partial charge in [-0.05, 0) is 30.7 Å². The second kappa shape index (κ2) is 7.55. The molecule has 0 spiro atoms. The second-order valence-corrected chi connectivity index (χ2v) is 5.82. The maximum absolute atomic E-state index is 4.89. The van der Waals surface area contributed by atoms with Crippen molar-refractivity contribution in [2.24, 2.45) is 12.1 Å². The molecule has 2 aromatic carbocycles. The van der Waals surface area contributed by atoms with Gasteiger partial charge in [-0.1, -0.05) is 48.5 Å². The SMILES string of the molecule is C/C(=N\N(Cc1ccccc1)c1ccccc1)c1ccc[n+](C)c1. The molecule has 0 radical (unpaired) electrons. The molecule has 24 heavy (non-hydrogen) atoms. The standard InChI is InChI=1S/C21H22N3/c1-18(20-12-9-15-23(2)17-20)22-24(21-13-7-4-8-14-21)16-19-10-5-3-6-11-19/h3-15,17H,16H2,1-2H3/q+1/b22-18+. The molecule has 0 bridgehead atoms. The molecule has 0 saturated carbocycles. The van der Waals surface area contributed by atoms with Gasteiger partial charge in [0.25, 0.3) is 0 Å². The van der Waals surface area contributed by atoms with Crippen LogP contribution in [0.2, 0.25) is 0 Å². The summed E-state index contributed by atoms with van der Waals surface area (Å²) in [6.07, 6.45) is 4.11. The molecular formula is C21H22N3+. The number of anilines is 1. The van der Waals surface area contributed by atoms with Gasteiger partial charge in [0, 0.05) is 6.07 Å². The Morgan fingerprint density at radius 2 is 1.58 bits per heavy atom. The third-order valence-electron chi connectivity index (χ3n) is 3.86. The normalized spacial score (nSPS) is 11.3. The summed E-state index contributed by atoms with van der Waals surface area (Å²) in [7, 11) is 2.02. The summed E-state index contributed by atoms with van der Waals surface area (Å²) in [6, 6.07) is 24.8. The molecule has 0 saturated heterocycles. The zero-order chi connectivity index (χ0) is 16.8. The molecule has 1 aromatic heterocycles. The average Bonchev–Trinajstić information content (AvgIpc) is 2.63. The Bertz CT molecular complexity index is 811. The maximum atomic E-state index is 4.89. The van der Waals surface area contributed by atoms with Crippen molar-refractivity contribution in [3.8, 4) is 0 Å². The highest BCUT2D eigenvalue weighted by molar-refractivity contribution is 5.98. The van der Waals surface area contributed by atoms with Crippen molar-refractivity contribution in [3.05, 3.63) is 96.3 Å². The molecule has 0 unspecified atom stereocenters. The van der Waals surface area contributed by atoms with E-state index in [2.05, 4.69) is 60.6 Å². The summed E-state index contributed by atoms with van der Waals surface area (Å²) in [5, 5.41) is 6.94. The van der Waals surface area contributed by atoms with Crippen LogP contribution >= 0.6 is 0 Å². The van der Waals surface area contributed by atoms with Crippen LogP contribution in [0, 0.1) is 0 Å². The first-order valence-corrected chi connectivity index (χ1v) is 8.10. The summed E-state index contributed by atoms with van der Waals surface area (Å²) in [4.78, 5) is 0. The van der Waals surface area contributed by atoms with Crippen LogP contribution in [-0.4, -0.2) is 5.71 Å². The van der Waals surface area contributed by atoms with E-state index < -0.39 is 0 Å². The van der Waals surface area contributed by atoms with Gasteiger partial charge in [0.15, 0.2) is 12.4 Å². The van der Waals surface area contributed by atoms with Crippen molar-refractivity contribution >= 4 is 11.4 Å². The van der Waals surface area contributed by atoms with Crippen molar-refractivity contribution in [2.45, 2.75) is 13.5 Å². The van der Waals surface area contributed by atoms with Crippen LogP contribution in [0.1, 0.15) is 18.1 Å². The predicted octanol–water partition coefficient (Wildman–Crippen LogP) is 3.94. The number of hydrogen-bond donors (Lipinski definition) is 0. The van der Waals surface area contributed by atoms with Crippen molar-refractivity contribution in [1.82, 2.24) is 0 Å². The van der Waals surface area contributed by atoms with Crippen LogP contribution in [0.5, 0.6) is 0 Å². The Hall–Kier alpha value is -2.94. The summed E-state index contributed by atoms with van der Waals surface area (Å²) in [5.74, 6) is 0. The van der Waals surface area contributed by atoms with Gasteiger partial charge in [-0.15, -0.1) is 0 Å². The summed E-state index contributed by atoms with van der Waals surface area (Å²) in [5.41, 5.74) is 4.43. The van der Waals surface area contributed by atoms with E-state index in [1.165, 1.54) is 5.56 Å². The Balaban J connectivity index is 1.94. The van der Waals surface area contributed by atoms with Crippen LogP contribution in [0.15, 0.2) is 90.3 Å². The number of rotatable bonds is 5. The van der Waals surface area contributed by atoms with Crippen LogP contribution in [0.3, 0.4) is 0 Å². The minimum atomic E-state index is 0.737. The van der Waals surface area contributed by atoms with Gasteiger partial charge in [0.2, 0.25) is 0 Å². The fourth-order valence-corrected chi connectivity index (χ4v) is 2.58. The molecule has 1 heterocycles. The van der Waals surface area contributed by atoms with E-state index in [1.807, 2.05) is 48.1 Å². The average molecular weight is 316 g/mol. The lowest BCUT2D eigenvalue weighted by Gasteiger charge is -2.20. The number of hydrogen-bond acceptors (Lipinski definition) is 2. The zero-order valence-electron chi connectivity index (χ0n) is 14.1. The smallest absolute Gasteiger partial charge is 0.177 e. The topological polar surface area (TPSA) is 19.5 Å². The molecule has 0 aliphatic carbocycles. The van der Waals surface area contributed by atoms with Crippen molar-refractivity contribution in [1.29, 1.82) is 0 Å². The third kappa shape index (κ3) is 4.07. The van der Waals surface area contributed by atoms with E-state index in [-0.39, 0.29) is 0 Å². The highest BCUT2D eigenvalue weighted by atomic mass is 15.5. The predicted molar refractivity (Wildman–Crippen MR) is 98.9 cm³/mol. The van der Waals surface area contributed by atoms with Gasteiger partial charge in [-0.2, -0.15) is 5.10 Å². The lowest BCUT2D eigenvalue weighted by Crippen LogP contribution is -2.28. The van der Waals surface area contributed by atoms with E-state index in [0.29, 0.717) is 0 Å². The number of para-hydroxylation sites is 1. The molecule has 0 atom stereocenters. The molecule has 120 valence electrons. The van der Waals surface area contributed by atoms with Crippen molar-refractivity contribution in [3.63, 3.8) is 0 Å². The minimum absolute atomic E-state index is 0.737. The van der Waals surface area contributed by atoms with Gasteiger partial charge < -0.3 is 0 Å². The highest BCUT2D eigenvalue weighted by Crippen LogP contribution is 2.18. The van der Waals surface area contributed by atoms with Crippen molar-refractivity contribution < 1.29 is 4.57 Å². The second-order valence-electron chi connectivity index (χ2n) is 5.82. The first kappa shape index (κ1) is 15.9. The quantitative estimate of drug-likeness (QED) is 0.396. The van der Waals surface area contributed by atoms with Gasteiger partial charge in [-0.3, -0.25) is 5.01 Å². The number of hydrazone groups is 1. The zero-order valence-corrected chi connectivity index (χ0v) is 14.1. The van der Waals surface area contributed by atoms with E-state index in [9.17, 15) is 0 Å². The first-order valence-electron chi connectivity index (χ1n) is 8.10. The minimum Gasteiger partial charge on any atom is -0.261 e. The van der Waals surface area contributed by atoms with E-state index in [1.54, 1.807) is 0 Å². The number of aromatic nitrogens is 1. The molecule has 0 aliphatic heterocycles. The maximum Gasteiger partial charge on any atom is 0.177 e. The Morgan fingerprint density at radius 3 is 2.25 bits per heavy atom. The van der Waals surface area contributed by atoms with E-state index in [0.717, 1.165) is 23.5 Å². The molecule has 0 aliphatic rings.